The summed E-state index contributed by atoms with van der Waals surface area (Å²) in [5.41, 5.74) is -0.0113. The normalized spacial score (nSPS) is 19.4. The molecule has 0 saturated carbocycles. The smallest absolute Gasteiger partial charge is 0.271 e. The number of morpholine rings is 1. The molecular formula is C19H23ClFN3O5S. The third-order valence-corrected chi connectivity index (χ3v) is 6.51. The Bertz CT molecular complexity index is 932. The molecule has 1 fully saturated rings. The molecule has 1 unspecified atom stereocenters. The number of hydrogen-bond acceptors (Lipinski definition) is 5. The number of carbonyl (C=O) groups excluding carboxylic acids is 2. The maximum absolute atomic E-state index is 14.4. The average Bonchev–Trinajstić information content (AvgIpc) is 3.07. The highest BCUT2D eigenvalue weighted by atomic mass is 35.5. The summed E-state index contributed by atoms with van der Waals surface area (Å²) in [6.07, 6.45) is -0.395. The van der Waals surface area contributed by atoms with E-state index in [0.717, 1.165) is 0 Å². The first-order valence-electron chi connectivity index (χ1n) is 9.45. The van der Waals surface area contributed by atoms with Crippen molar-refractivity contribution < 1.29 is 27.1 Å². The Kier molecular flexibility index (Phi) is 6.99. The number of alkyl halides is 1. The van der Waals surface area contributed by atoms with E-state index >= 15 is 0 Å². The molecule has 0 radical (unpaired) electrons. The van der Waals surface area contributed by atoms with Gasteiger partial charge in [0.25, 0.3) is 5.91 Å². The molecule has 30 heavy (non-hydrogen) atoms. The van der Waals surface area contributed by atoms with Crippen molar-refractivity contribution in [2.24, 2.45) is 0 Å². The van der Waals surface area contributed by atoms with Crippen LogP contribution in [0.2, 0.25) is 5.02 Å². The van der Waals surface area contributed by atoms with Crippen LogP contribution in [0, 0.1) is 0 Å². The molecule has 0 aromatic heterocycles. The lowest BCUT2D eigenvalue weighted by Crippen LogP contribution is -2.51. The first kappa shape index (κ1) is 22.5. The molecule has 1 N–H and O–H groups in total. The fourth-order valence-electron chi connectivity index (χ4n) is 3.28. The Morgan fingerprint density at radius 2 is 1.90 bits per heavy atom. The third-order valence-electron chi connectivity index (χ3n) is 4.99. The minimum atomic E-state index is -4.13. The highest BCUT2D eigenvalue weighted by Crippen LogP contribution is 2.22. The van der Waals surface area contributed by atoms with Gasteiger partial charge < -0.3 is 14.5 Å². The Balaban J connectivity index is 1.59. The Labute approximate surface area is 179 Å². The van der Waals surface area contributed by atoms with Crippen molar-refractivity contribution in [1.82, 2.24) is 14.5 Å². The summed E-state index contributed by atoms with van der Waals surface area (Å²) < 4.78 is 46.5. The van der Waals surface area contributed by atoms with Crippen LogP contribution in [0.5, 0.6) is 0 Å². The Morgan fingerprint density at radius 3 is 2.53 bits per heavy atom. The topological polar surface area (TPSA) is 96.0 Å². The van der Waals surface area contributed by atoms with Crippen LogP contribution in [-0.4, -0.2) is 74.7 Å². The van der Waals surface area contributed by atoms with Gasteiger partial charge in [-0.3, -0.25) is 14.3 Å². The lowest BCUT2D eigenvalue weighted by atomic mass is 10.1. The quantitative estimate of drug-likeness (QED) is 0.662. The number of ether oxygens (including phenoxy) is 1. The predicted molar refractivity (Wildman–Crippen MR) is 109 cm³/mol. The molecule has 0 spiro atoms. The van der Waals surface area contributed by atoms with E-state index in [4.69, 9.17) is 16.3 Å². The van der Waals surface area contributed by atoms with Crippen molar-refractivity contribution >= 4 is 33.4 Å². The molecule has 2 amide bonds. The van der Waals surface area contributed by atoms with Gasteiger partial charge in [-0.1, -0.05) is 23.7 Å². The number of hydrogen-bond donors (Lipinski definition) is 1. The molecule has 2 atom stereocenters. The third kappa shape index (κ3) is 5.30. The summed E-state index contributed by atoms with van der Waals surface area (Å²) in [5.74, 6) is -1.69. The summed E-state index contributed by atoms with van der Waals surface area (Å²) in [5, 5.41) is 0.412. The highest BCUT2D eigenvalue weighted by molar-refractivity contribution is 7.89. The molecule has 2 aliphatic rings. The Hall–Kier alpha value is -2.17. The van der Waals surface area contributed by atoms with Crippen LogP contribution in [0.1, 0.15) is 18.7 Å². The molecule has 1 saturated heterocycles. The fourth-order valence-corrected chi connectivity index (χ4v) is 4.58. The molecule has 8 nitrogen and oxygen atoms in total. The van der Waals surface area contributed by atoms with Crippen LogP contribution in [0.3, 0.4) is 0 Å². The van der Waals surface area contributed by atoms with Gasteiger partial charge in [-0.25, -0.2) is 12.8 Å². The van der Waals surface area contributed by atoms with E-state index in [9.17, 15) is 22.4 Å². The van der Waals surface area contributed by atoms with E-state index in [2.05, 4.69) is 4.72 Å². The van der Waals surface area contributed by atoms with Crippen molar-refractivity contribution in [2.45, 2.75) is 19.1 Å². The summed E-state index contributed by atoms with van der Waals surface area (Å²) in [4.78, 5) is 28.1. The van der Waals surface area contributed by atoms with Crippen molar-refractivity contribution in [3.8, 4) is 0 Å². The first-order valence-corrected chi connectivity index (χ1v) is 11.5. The maximum atomic E-state index is 14.4. The fraction of sp³-hybridized carbons (Fsp3) is 0.474. The van der Waals surface area contributed by atoms with Gasteiger partial charge in [0, 0.05) is 24.7 Å². The van der Waals surface area contributed by atoms with E-state index in [1.807, 2.05) is 0 Å². The standard InChI is InChI=1S/C19H23ClFN3O5S/c1-13(18(25)23-8-10-29-11-9-23)24-7-6-17(19(24)26)22-30(27,28)12-16(21)14-2-4-15(20)5-3-14/h2-6,13,16,22H,7-12H2,1H3/t13-,16?/m0/s1. The van der Waals surface area contributed by atoms with Gasteiger partial charge in [0.15, 0.2) is 0 Å². The minimum Gasteiger partial charge on any atom is -0.378 e. The minimum absolute atomic E-state index is 0.0875. The second kappa shape index (κ2) is 9.32. The predicted octanol–water partition coefficient (Wildman–Crippen LogP) is 1.24. The monoisotopic (exact) mass is 459 g/mol. The summed E-state index contributed by atoms with van der Waals surface area (Å²) >= 11 is 5.75. The van der Waals surface area contributed by atoms with Gasteiger partial charge in [0.1, 0.15) is 23.7 Å². The van der Waals surface area contributed by atoms with E-state index in [0.29, 0.717) is 31.3 Å². The van der Waals surface area contributed by atoms with E-state index in [-0.39, 0.29) is 23.7 Å². The largest absolute Gasteiger partial charge is 0.378 e. The van der Waals surface area contributed by atoms with Gasteiger partial charge in [0.05, 0.1) is 13.2 Å². The summed E-state index contributed by atoms with van der Waals surface area (Å²) in [7, 11) is -4.13. The van der Waals surface area contributed by atoms with Crippen LogP contribution >= 0.6 is 11.6 Å². The van der Waals surface area contributed by atoms with Gasteiger partial charge in [-0.15, -0.1) is 0 Å². The molecule has 11 heteroatoms. The summed E-state index contributed by atoms with van der Waals surface area (Å²) in [6.45, 7) is 3.45. The SMILES string of the molecule is C[C@@H](C(=O)N1CCOCC1)N1CC=C(NS(=O)(=O)CC(F)c2ccc(Cl)cc2)C1=O. The first-order chi connectivity index (χ1) is 14.2. The van der Waals surface area contributed by atoms with Gasteiger partial charge in [-0.2, -0.15) is 0 Å². The second-order valence-electron chi connectivity index (χ2n) is 7.09. The van der Waals surface area contributed by atoms with Gasteiger partial charge >= 0.3 is 0 Å². The van der Waals surface area contributed by atoms with E-state index < -0.39 is 33.9 Å². The molecule has 0 aliphatic carbocycles. The molecule has 1 aromatic rings. The van der Waals surface area contributed by atoms with Crippen molar-refractivity contribution in [1.29, 1.82) is 0 Å². The zero-order valence-corrected chi connectivity index (χ0v) is 18.0. The number of amides is 2. The number of benzene rings is 1. The van der Waals surface area contributed by atoms with Crippen molar-refractivity contribution in [3.63, 3.8) is 0 Å². The lowest BCUT2D eigenvalue weighted by molar-refractivity contribution is -0.145. The number of halogens is 2. The number of carbonyl (C=O) groups is 2. The van der Waals surface area contributed by atoms with Gasteiger partial charge in [0.2, 0.25) is 15.9 Å². The van der Waals surface area contributed by atoms with Crippen LogP contribution in [0.25, 0.3) is 0 Å². The zero-order chi connectivity index (χ0) is 21.9. The van der Waals surface area contributed by atoms with Crippen LogP contribution in [0.15, 0.2) is 36.0 Å². The van der Waals surface area contributed by atoms with Crippen LogP contribution in [0.4, 0.5) is 4.39 Å². The van der Waals surface area contributed by atoms with E-state index in [1.165, 1.54) is 35.2 Å². The van der Waals surface area contributed by atoms with E-state index in [1.54, 1.807) is 11.8 Å². The number of nitrogens with one attached hydrogen (secondary N) is 1. The molecule has 2 heterocycles. The number of sulfonamides is 1. The lowest BCUT2D eigenvalue weighted by Gasteiger charge is -2.32. The van der Waals surface area contributed by atoms with Crippen LogP contribution < -0.4 is 4.72 Å². The maximum Gasteiger partial charge on any atom is 0.271 e. The molecule has 2 aliphatic heterocycles. The van der Waals surface area contributed by atoms with Crippen molar-refractivity contribution in [2.75, 3.05) is 38.6 Å². The van der Waals surface area contributed by atoms with Crippen LogP contribution in [-0.2, 0) is 24.3 Å². The zero-order valence-electron chi connectivity index (χ0n) is 16.4. The number of rotatable bonds is 7. The Morgan fingerprint density at radius 1 is 1.27 bits per heavy atom. The molecule has 1 aromatic carbocycles. The second-order valence-corrected chi connectivity index (χ2v) is 9.29. The molecule has 164 valence electrons. The highest BCUT2D eigenvalue weighted by Gasteiger charge is 2.35. The summed E-state index contributed by atoms with van der Waals surface area (Å²) in [6, 6.07) is 5.00. The van der Waals surface area contributed by atoms with Crippen molar-refractivity contribution in [3.05, 3.63) is 46.6 Å². The number of nitrogens with zero attached hydrogens (tertiary/aromatic N) is 2. The average molecular weight is 460 g/mol. The molecule has 3 rings (SSSR count). The molecule has 0 bridgehead atoms. The van der Waals surface area contributed by atoms with Gasteiger partial charge in [-0.05, 0) is 30.7 Å². The molecular weight excluding hydrogens is 437 g/mol.